The maximum atomic E-state index is 11.2. The molecule has 4 atom stereocenters. The normalized spacial score (nSPS) is 28.1. The van der Waals surface area contributed by atoms with Gasteiger partial charge in [0.25, 0.3) is 0 Å². The van der Waals surface area contributed by atoms with Crippen LogP contribution in [0.2, 0.25) is 0 Å². The number of carbonyl (C=O) groups excluding carboxylic acids is 1. The first-order valence-electron chi connectivity index (χ1n) is 7.32. The molecule has 3 nitrogen and oxygen atoms in total. The van der Waals surface area contributed by atoms with Crippen LogP contribution < -0.4 is 0 Å². The van der Waals surface area contributed by atoms with Crippen LogP contribution in [0.5, 0.6) is 0 Å². The highest BCUT2D eigenvalue weighted by atomic mass is 79.9. The molecule has 0 aromatic carbocycles. The predicted molar refractivity (Wildman–Crippen MR) is 93.2 cm³/mol. The lowest BCUT2D eigenvalue weighted by Crippen LogP contribution is -2.34. The van der Waals surface area contributed by atoms with Gasteiger partial charge in [-0.3, -0.25) is 4.79 Å². The number of halogens is 2. The molecule has 1 rings (SSSR count). The van der Waals surface area contributed by atoms with Crippen molar-refractivity contribution in [3.8, 4) is 0 Å². The average Bonchev–Trinajstić information content (AvgIpc) is 2.45. The van der Waals surface area contributed by atoms with E-state index in [2.05, 4.69) is 33.8 Å². The summed E-state index contributed by atoms with van der Waals surface area (Å²) >= 11 is 9.60. The molecule has 5 heteroatoms. The van der Waals surface area contributed by atoms with Gasteiger partial charge in [0, 0.05) is 18.3 Å². The molecule has 1 heterocycles. The fraction of sp³-hybridized carbons (Fsp3) is 0.529. The third-order valence-corrected chi connectivity index (χ3v) is 3.91. The summed E-state index contributed by atoms with van der Waals surface area (Å²) in [7, 11) is 0. The quantitative estimate of drug-likeness (QED) is 0.297. The molecule has 0 radical (unpaired) electrons. The summed E-state index contributed by atoms with van der Waals surface area (Å²) in [5.74, 6) is -0.334. The van der Waals surface area contributed by atoms with Gasteiger partial charge >= 0.3 is 5.97 Å². The first-order valence-corrected chi connectivity index (χ1v) is 8.67. The van der Waals surface area contributed by atoms with E-state index in [1.54, 1.807) is 11.1 Å². The van der Waals surface area contributed by atoms with Crippen molar-refractivity contribution in [3.05, 3.63) is 41.1 Å². The number of esters is 1. The van der Waals surface area contributed by atoms with E-state index in [1.807, 2.05) is 19.1 Å². The second-order valence-corrected chi connectivity index (χ2v) is 6.04. The van der Waals surface area contributed by atoms with Crippen LogP contribution in [0, 0.1) is 0 Å². The predicted octanol–water partition coefficient (Wildman–Crippen LogP) is 4.66. The van der Waals surface area contributed by atoms with Gasteiger partial charge in [-0.1, -0.05) is 40.2 Å². The first kappa shape index (κ1) is 19.2. The van der Waals surface area contributed by atoms with Crippen molar-refractivity contribution in [2.24, 2.45) is 0 Å². The molecule has 0 bridgehead atoms. The van der Waals surface area contributed by atoms with Crippen LogP contribution in [0.25, 0.3) is 0 Å². The second kappa shape index (κ2) is 10.8. The summed E-state index contributed by atoms with van der Waals surface area (Å²) in [4.78, 5) is 12.8. The van der Waals surface area contributed by atoms with Gasteiger partial charge in [0.05, 0.1) is 17.6 Å². The Morgan fingerprint density at radius 3 is 2.91 bits per heavy atom. The topological polar surface area (TPSA) is 35.5 Å². The van der Waals surface area contributed by atoms with E-state index in [0.29, 0.717) is 6.42 Å². The van der Waals surface area contributed by atoms with Gasteiger partial charge in [-0.15, -0.1) is 17.3 Å². The van der Waals surface area contributed by atoms with Crippen LogP contribution in [0.3, 0.4) is 0 Å². The molecule has 0 aromatic rings. The van der Waals surface area contributed by atoms with Crippen LogP contribution in [0.1, 0.15) is 33.1 Å². The van der Waals surface area contributed by atoms with E-state index in [1.165, 1.54) is 6.92 Å². The molecular weight excluding hydrogens is 368 g/mol. The van der Waals surface area contributed by atoms with E-state index in [0.717, 1.165) is 12.8 Å². The lowest BCUT2D eigenvalue weighted by Gasteiger charge is -2.29. The molecule has 0 fully saturated rings. The summed E-state index contributed by atoms with van der Waals surface area (Å²) in [6.07, 6.45) is 11.3. The molecule has 0 aliphatic carbocycles. The third kappa shape index (κ3) is 7.46. The zero-order valence-electron chi connectivity index (χ0n) is 12.9. The van der Waals surface area contributed by atoms with Gasteiger partial charge in [-0.25, -0.2) is 0 Å². The molecule has 0 saturated carbocycles. The molecule has 0 unspecified atom stereocenters. The van der Waals surface area contributed by atoms with Gasteiger partial charge in [0.1, 0.15) is 6.10 Å². The Bertz CT molecular complexity index is 467. The third-order valence-electron chi connectivity index (χ3n) is 3.18. The van der Waals surface area contributed by atoms with Crippen LogP contribution >= 0.6 is 27.5 Å². The van der Waals surface area contributed by atoms with Crippen molar-refractivity contribution >= 4 is 33.5 Å². The summed E-state index contributed by atoms with van der Waals surface area (Å²) < 4.78 is 11.4. The minimum atomic E-state index is -0.410. The van der Waals surface area contributed by atoms with Gasteiger partial charge in [-0.2, -0.15) is 0 Å². The number of rotatable bonds is 5. The van der Waals surface area contributed by atoms with Crippen LogP contribution in [-0.2, 0) is 14.3 Å². The number of hydrogen-bond donors (Lipinski definition) is 0. The Kier molecular flexibility index (Phi) is 9.49. The molecule has 1 aliphatic heterocycles. The van der Waals surface area contributed by atoms with E-state index in [4.69, 9.17) is 21.1 Å². The molecule has 1 aliphatic rings. The smallest absolute Gasteiger partial charge is 0.303 e. The second-order valence-electron chi connectivity index (χ2n) is 5.02. The number of ether oxygens (including phenoxy) is 2. The zero-order valence-corrected chi connectivity index (χ0v) is 15.2. The molecule has 0 spiro atoms. The Hall–Kier alpha value is -0.800. The molecule has 0 aromatic heterocycles. The Morgan fingerprint density at radius 2 is 2.27 bits per heavy atom. The van der Waals surface area contributed by atoms with Crippen molar-refractivity contribution in [1.82, 2.24) is 0 Å². The number of alkyl halides is 1. The van der Waals surface area contributed by atoms with Crippen molar-refractivity contribution < 1.29 is 14.3 Å². The maximum absolute atomic E-state index is 11.2. The molecule has 0 saturated heterocycles. The van der Waals surface area contributed by atoms with E-state index >= 15 is 0 Å². The van der Waals surface area contributed by atoms with Crippen molar-refractivity contribution in [2.45, 2.75) is 56.8 Å². The molecule has 122 valence electrons. The fourth-order valence-electron chi connectivity index (χ4n) is 2.25. The Morgan fingerprint density at radius 1 is 1.55 bits per heavy atom. The van der Waals surface area contributed by atoms with Gasteiger partial charge in [0.15, 0.2) is 0 Å². The van der Waals surface area contributed by atoms with Gasteiger partial charge in [-0.05, 0) is 25.8 Å². The lowest BCUT2D eigenvalue weighted by molar-refractivity contribution is -0.145. The summed E-state index contributed by atoms with van der Waals surface area (Å²) in [5, 5.41) is -0.163. The largest absolute Gasteiger partial charge is 0.458 e. The molecule has 22 heavy (non-hydrogen) atoms. The highest BCUT2D eigenvalue weighted by Crippen LogP contribution is 2.24. The monoisotopic (exact) mass is 388 g/mol. The average molecular weight is 390 g/mol. The van der Waals surface area contributed by atoms with E-state index < -0.39 is 6.10 Å². The molecule has 0 N–H and O–H groups in total. The number of allylic oxidation sites excluding steroid dienone is 2. The van der Waals surface area contributed by atoms with E-state index in [9.17, 15) is 4.79 Å². The van der Waals surface area contributed by atoms with Gasteiger partial charge in [0.2, 0.25) is 0 Å². The number of carbonyl (C=O) groups is 1. The summed E-state index contributed by atoms with van der Waals surface area (Å²) in [5.41, 5.74) is 2.89. The summed E-state index contributed by atoms with van der Waals surface area (Å²) in [6, 6.07) is 0. The number of hydrogen-bond acceptors (Lipinski definition) is 3. The SMILES string of the molecule is C/C=C/[C@H]1C/C=C\C[C@@H](Cl)[C@@H](C[C@H](C=C=CBr)OC(C)=O)O1. The molecule has 0 amide bonds. The summed E-state index contributed by atoms with van der Waals surface area (Å²) in [6.45, 7) is 3.35. The lowest BCUT2D eigenvalue weighted by atomic mass is 10.0. The van der Waals surface area contributed by atoms with Crippen molar-refractivity contribution in [1.29, 1.82) is 0 Å². The zero-order chi connectivity index (χ0) is 16.4. The van der Waals surface area contributed by atoms with Crippen LogP contribution in [0.15, 0.2) is 41.1 Å². The van der Waals surface area contributed by atoms with Crippen molar-refractivity contribution in [2.75, 3.05) is 0 Å². The van der Waals surface area contributed by atoms with Crippen molar-refractivity contribution in [3.63, 3.8) is 0 Å². The van der Waals surface area contributed by atoms with E-state index in [-0.39, 0.29) is 23.6 Å². The van der Waals surface area contributed by atoms with Crippen LogP contribution in [-0.4, -0.2) is 29.7 Å². The minimum Gasteiger partial charge on any atom is -0.458 e. The maximum Gasteiger partial charge on any atom is 0.303 e. The first-order chi connectivity index (χ1) is 10.6. The van der Waals surface area contributed by atoms with Gasteiger partial charge < -0.3 is 9.47 Å². The van der Waals surface area contributed by atoms with Crippen LogP contribution in [0.4, 0.5) is 0 Å². The standard InChI is InChI=1S/C17H22BrClO3/c1-3-7-14-8-4-5-10-16(19)17(22-14)12-15(9-6-11-18)21-13(2)20/h3-5,7,9,11,14-17H,8,10,12H2,1-2H3/b5-4-,7-3+/t6?,14-,15-,16+,17+/m0/s1. The Labute approximate surface area is 145 Å². The molecular formula is C17H22BrClO3. The highest BCUT2D eigenvalue weighted by molar-refractivity contribution is 9.11. The fourth-order valence-corrected chi connectivity index (χ4v) is 2.67. The Balaban J connectivity index is 2.84. The minimum absolute atomic E-state index is 0.0125. The highest BCUT2D eigenvalue weighted by Gasteiger charge is 2.27.